The maximum Gasteiger partial charge on any atom is 0.252 e. The van der Waals surface area contributed by atoms with Crippen LogP contribution in [-0.4, -0.2) is 22.4 Å². The van der Waals surface area contributed by atoms with Crippen molar-refractivity contribution in [2.24, 2.45) is 5.92 Å². The van der Waals surface area contributed by atoms with Gasteiger partial charge in [0.05, 0.1) is 0 Å². The van der Waals surface area contributed by atoms with Crippen LogP contribution in [-0.2, 0) is 16.9 Å². The molecule has 0 radical (unpaired) electrons. The molecule has 0 saturated heterocycles. The first kappa shape index (κ1) is 11.5. The van der Waals surface area contributed by atoms with E-state index in [-0.39, 0.29) is 12.5 Å². The third-order valence-corrected chi connectivity index (χ3v) is 3.48. The average molecular weight is 226 g/mol. The van der Waals surface area contributed by atoms with Gasteiger partial charge in [0.15, 0.2) is 0 Å². The van der Waals surface area contributed by atoms with E-state index in [2.05, 4.69) is 17.1 Å². The van der Waals surface area contributed by atoms with Gasteiger partial charge < -0.3 is 14.4 Å². The molecule has 1 aliphatic carbocycles. The van der Waals surface area contributed by atoms with Crippen molar-refractivity contribution >= 4 is 0 Å². The number of methoxy groups -OCH3 is 1. The summed E-state index contributed by atoms with van der Waals surface area (Å²) in [6.07, 6.45) is 4.04. The van der Waals surface area contributed by atoms with Crippen LogP contribution < -0.4 is 0 Å². The number of aliphatic hydroxyl groups excluding tert-OH is 1. The molecule has 1 saturated carbocycles. The second kappa shape index (κ2) is 4.51. The van der Waals surface area contributed by atoms with Gasteiger partial charge in [0.25, 0.3) is 5.89 Å². The van der Waals surface area contributed by atoms with Gasteiger partial charge in [-0.15, -0.1) is 0 Å². The molecule has 1 N–H and O–H groups in total. The molecule has 0 aliphatic heterocycles. The quantitative estimate of drug-likeness (QED) is 0.848. The predicted molar refractivity (Wildman–Crippen MR) is 56.5 cm³/mol. The summed E-state index contributed by atoms with van der Waals surface area (Å²) in [5.41, 5.74) is -0.413. The molecule has 0 amide bonds. The molecule has 1 heterocycles. The van der Waals surface area contributed by atoms with Crippen molar-refractivity contribution in [3.8, 4) is 0 Å². The normalized spacial score (nSPS) is 30.6. The van der Waals surface area contributed by atoms with Gasteiger partial charge in [-0.05, 0) is 31.6 Å². The number of rotatable bonds is 3. The van der Waals surface area contributed by atoms with Gasteiger partial charge in [0.1, 0.15) is 12.2 Å². The Labute approximate surface area is 94.8 Å². The summed E-state index contributed by atoms with van der Waals surface area (Å²) in [7, 11) is 1.69. The Hall–Kier alpha value is -0.940. The molecule has 16 heavy (non-hydrogen) atoms. The lowest BCUT2D eigenvalue weighted by Gasteiger charge is -2.35. The van der Waals surface area contributed by atoms with Crippen molar-refractivity contribution in [3.05, 3.63) is 11.7 Å². The summed E-state index contributed by atoms with van der Waals surface area (Å²) in [4.78, 5) is 4.17. The van der Waals surface area contributed by atoms with Gasteiger partial charge in [-0.2, -0.15) is 4.98 Å². The lowest BCUT2D eigenvalue weighted by atomic mass is 9.79. The zero-order valence-corrected chi connectivity index (χ0v) is 9.77. The van der Waals surface area contributed by atoms with E-state index in [4.69, 9.17) is 14.4 Å². The summed E-state index contributed by atoms with van der Waals surface area (Å²) in [5, 5.41) is 12.8. The third-order valence-electron chi connectivity index (χ3n) is 3.48. The van der Waals surface area contributed by atoms with Crippen molar-refractivity contribution in [2.45, 2.75) is 44.8 Å². The highest BCUT2D eigenvalue weighted by molar-refractivity contribution is 5.03. The summed E-state index contributed by atoms with van der Waals surface area (Å²) >= 11 is 0. The Morgan fingerprint density at radius 3 is 2.69 bits per heavy atom. The molecule has 1 aromatic rings. The summed E-state index contributed by atoms with van der Waals surface area (Å²) in [5.74, 6) is 1.56. The van der Waals surface area contributed by atoms with Crippen LogP contribution in [0, 0.1) is 5.92 Å². The predicted octanol–water partition coefficient (Wildman–Crippen LogP) is 1.61. The molecule has 0 spiro atoms. The molecule has 0 aromatic carbocycles. The first-order valence-electron chi connectivity index (χ1n) is 5.69. The van der Waals surface area contributed by atoms with Crippen molar-refractivity contribution in [1.82, 2.24) is 10.1 Å². The number of aliphatic hydroxyl groups is 1. The monoisotopic (exact) mass is 226 g/mol. The van der Waals surface area contributed by atoms with E-state index < -0.39 is 5.60 Å². The van der Waals surface area contributed by atoms with Crippen LogP contribution in [0.1, 0.15) is 44.3 Å². The zero-order valence-electron chi connectivity index (χ0n) is 9.77. The lowest BCUT2D eigenvalue weighted by Crippen LogP contribution is -2.34. The van der Waals surface area contributed by atoms with Gasteiger partial charge in [-0.1, -0.05) is 12.1 Å². The molecule has 5 nitrogen and oxygen atoms in total. The summed E-state index contributed by atoms with van der Waals surface area (Å²) in [6.45, 7) is 2.03. The van der Waals surface area contributed by atoms with Crippen LogP contribution >= 0.6 is 0 Å². The van der Waals surface area contributed by atoms with Crippen molar-refractivity contribution < 1.29 is 14.4 Å². The maximum atomic E-state index is 8.91. The smallest absolute Gasteiger partial charge is 0.252 e. The summed E-state index contributed by atoms with van der Waals surface area (Å²) < 4.78 is 10.5. The molecular formula is C11H18N2O3. The van der Waals surface area contributed by atoms with E-state index in [1.165, 1.54) is 0 Å². The lowest BCUT2D eigenvalue weighted by molar-refractivity contribution is -0.0609. The fourth-order valence-corrected chi connectivity index (χ4v) is 2.25. The molecule has 0 bridgehead atoms. The van der Waals surface area contributed by atoms with Crippen LogP contribution in [0.4, 0.5) is 0 Å². The van der Waals surface area contributed by atoms with Crippen LogP contribution in [0.2, 0.25) is 0 Å². The minimum Gasteiger partial charge on any atom is -0.387 e. The summed E-state index contributed by atoms with van der Waals surface area (Å²) in [6, 6.07) is 0. The molecule has 1 fully saturated rings. The van der Waals surface area contributed by atoms with Crippen molar-refractivity contribution in [1.29, 1.82) is 0 Å². The highest BCUT2D eigenvalue weighted by Crippen LogP contribution is 2.40. The van der Waals surface area contributed by atoms with Crippen LogP contribution in [0.5, 0.6) is 0 Å². The van der Waals surface area contributed by atoms with E-state index in [9.17, 15) is 0 Å². The van der Waals surface area contributed by atoms with Gasteiger partial charge in [-0.3, -0.25) is 0 Å². The third kappa shape index (κ3) is 1.97. The minimum absolute atomic E-state index is 0.219. The van der Waals surface area contributed by atoms with Gasteiger partial charge in [0, 0.05) is 7.11 Å². The largest absolute Gasteiger partial charge is 0.387 e. The van der Waals surface area contributed by atoms with Crippen molar-refractivity contribution in [2.75, 3.05) is 7.11 Å². The number of ether oxygens (including phenoxy) is 1. The molecule has 1 aliphatic rings. The number of hydrogen-bond donors (Lipinski definition) is 1. The fourth-order valence-electron chi connectivity index (χ4n) is 2.25. The first-order chi connectivity index (χ1) is 7.70. The molecule has 5 heteroatoms. The molecule has 2 rings (SSSR count). The standard InChI is InChI=1S/C11H18N2O3/c1-8-3-5-11(15-2,6-4-8)10-12-9(7-14)16-13-10/h8,14H,3-7H2,1-2H3. The number of nitrogens with zero attached hydrogens (tertiary/aromatic N) is 2. The van der Waals surface area contributed by atoms with Gasteiger partial charge in [-0.25, -0.2) is 0 Å². The fraction of sp³-hybridized carbons (Fsp3) is 0.818. The Morgan fingerprint density at radius 2 is 2.19 bits per heavy atom. The van der Waals surface area contributed by atoms with E-state index in [0.29, 0.717) is 5.82 Å². The van der Waals surface area contributed by atoms with E-state index in [1.54, 1.807) is 7.11 Å². The minimum atomic E-state index is -0.413. The maximum absolute atomic E-state index is 8.91. The molecule has 1 aromatic heterocycles. The average Bonchev–Trinajstić information content (AvgIpc) is 2.80. The van der Waals surface area contributed by atoms with E-state index in [1.807, 2.05) is 0 Å². The topological polar surface area (TPSA) is 68.4 Å². The van der Waals surface area contributed by atoms with E-state index in [0.717, 1.165) is 31.6 Å². The Bertz CT molecular complexity index is 343. The van der Waals surface area contributed by atoms with Crippen LogP contribution in [0.25, 0.3) is 0 Å². The van der Waals surface area contributed by atoms with Gasteiger partial charge >= 0.3 is 0 Å². The van der Waals surface area contributed by atoms with Crippen LogP contribution in [0.3, 0.4) is 0 Å². The highest BCUT2D eigenvalue weighted by Gasteiger charge is 2.40. The van der Waals surface area contributed by atoms with Crippen molar-refractivity contribution in [3.63, 3.8) is 0 Å². The molecule has 90 valence electrons. The second-order valence-corrected chi connectivity index (χ2v) is 4.55. The zero-order chi connectivity index (χ0) is 11.6. The van der Waals surface area contributed by atoms with Gasteiger partial charge in [0.2, 0.25) is 5.82 Å². The first-order valence-corrected chi connectivity index (χ1v) is 5.69. The van der Waals surface area contributed by atoms with Crippen LogP contribution in [0.15, 0.2) is 4.52 Å². The van der Waals surface area contributed by atoms with E-state index >= 15 is 0 Å². The highest BCUT2D eigenvalue weighted by atomic mass is 16.5. The second-order valence-electron chi connectivity index (χ2n) is 4.55. The molecular weight excluding hydrogens is 208 g/mol. The Balaban J connectivity index is 2.20. The number of hydrogen-bond acceptors (Lipinski definition) is 5. The SMILES string of the molecule is COC1(c2noc(CO)n2)CCC(C)CC1. The molecule has 0 unspecified atom stereocenters. The Morgan fingerprint density at radius 1 is 1.50 bits per heavy atom. The number of aromatic nitrogens is 2. The Kier molecular flexibility index (Phi) is 3.25. The molecule has 0 atom stereocenters.